The molecule has 2 rings (SSSR count). The van der Waals surface area contributed by atoms with Crippen molar-refractivity contribution in [3.8, 4) is 22.6 Å². The van der Waals surface area contributed by atoms with Crippen LogP contribution in [-0.4, -0.2) is 11.7 Å². The Labute approximate surface area is 218 Å². The lowest BCUT2D eigenvalue weighted by Gasteiger charge is -2.15. The molecule has 0 unspecified atom stereocenters. The molecule has 2 aromatic rings. The number of allylic oxidation sites excluding steroid dienone is 2. The first-order chi connectivity index (χ1) is 16.2. The summed E-state index contributed by atoms with van der Waals surface area (Å²) < 4.78 is 6.23. The smallest absolute Gasteiger partial charge is 0.127 e. The average Bonchev–Trinajstić information content (AvgIpc) is 2.82. The fourth-order valence-electron chi connectivity index (χ4n) is 4.24. The van der Waals surface area contributed by atoms with Crippen molar-refractivity contribution in [2.24, 2.45) is 0 Å². The maximum Gasteiger partial charge on any atom is 0.127 e. The number of hydrogen-bond acceptors (Lipinski definition) is 2. The van der Waals surface area contributed by atoms with Crippen LogP contribution in [0.3, 0.4) is 0 Å². The summed E-state index contributed by atoms with van der Waals surface area (Å²) in [5.41, 5.74) is 4.22. The van der Waals surface area contributed by atoms with E-state index in [9.17, 15) is 5.11 Å². The van der Waals surface area contributed by atoms with E-state index in [0.29, 0.717) is 12.2 Å². The molecule has 1 N–H and O–H groups in total. The van der Waals surface area contributed by atoms with Gasteiger partial charge in [0.25, 0.3) is 0 Å². The van der Waals surface area contributed by atoms with Gasteiger partial charge in [-0.3, -0.25) is 0 Å². The van der Waals surface area contributed by atoms with E-state index in [2.05, 4.69) is 38.3 Å². The van der Waals surface area contributed by atoms with E-state index < -0.39 is 0 Å². The van der Waals surface area contributed by atoms with E-state index in [1.165, 1.54) is 69.8 Å². The van der Waals surface area contributed by atoms with E-state index in [4.69, 9.17) is 4.74 Å². The minimum absolute atomic E-state index is 0. The summed E-state index contributed by atoms with van der Waals surface area (Å²) in [6.45, 7) is 10.7. The third-order valence-corrected chi connectivity index (χ3v) is 6.18. The van der Waals surface area contributed by atoms with Gasteiger partial charge in [-0.2, -0.15) is 0 Å². The SMILES string of the molecule is C=CCc1ccc(OCCCCCCCCCCCCC)c(-c2ccc(O)c(CC=C)c2)c1.[Br-]. The molecule has 0 aliphatic heterocycles. The third kappa shape index (κ3) is 11.0. The van der Waals surface area contributed by atoms with Crippen LogP contribution in [0.4, 0.5) is 0 Å². The lowest BCUT2D eigenvalue weighted by molar-refractivity contribution is -0.00000832. The molecule has 0 bridgehead atoms. The normalized spacial score (nSPS) is 10.5. The van der Waals surface area contributed by atoms with Crippen LogP contribution in [0, 0.1) is 0 Å². The molecule has 0 aliphatic rings. The Morgan fingerprint density at radius 2 is 1.38 bits per heavy atom. The number of hydrogen-bond donors (Lipinski definition) is 1. The van der Waals surface area contributed by atoms with Crippen LogP contribution in [0.2, 0.25) is 0 Å². The minimum atomic E-state index is 0. The van der Waals surface area contributed by atoms with E-state index in [1.54, 1.807) is 6.07 Å². The molecule has 0 atom stereocenters. The van der Waals surface area contributed by atoms with Crippen molar-refractivity contribution in [2.75, 3.05) is 6.61 Å². The molecular formula is C31H44BrO2-. The van der Waals surface area contributed by atoms with E-state index in [1.807, 2.05) is 24.3 Å². The zero-order chi connectivity index (χ0) is 23.7. The molecule has 0 saturated heterocycles. The molecule has 3 heteroatoms. The number of phenols is 1. The first-order valence-electron chi connectivity index (χ1n) is 13.0. The van der Waals surface area contributed by atoms with Gasteiger partial charge in [0, 0.05) is 5.56 Å². The topological polar surface area (TPSA) is 29.5 Å². The predicted octanol–water partition coefficient (Wildman–Crippen LogP) is 6.21. The molecule has 34 heavy (non-hydrogen) atoms. The van der Waals surface area contributed by atoms with Gasteiger partial charge in [-0.1, -0.05) is 95.4 Å². The fourth-order valence-corrected chi connectivity index (χ4v) is 4.24. The largest absolute Gasteiger partial charge is 1.00 e. The molecule has 0 radical (unpaired) electrons. The van der Waals surface area contributed by atoms with Crippen molar-refractivity contribution in [3.63, 3.8) is 0 Å². The second kappa shape index (κ2) is 18.3. The van der Waals surface area contributed by atoms with Gasteiger partial charge < -0.3 is 26.8 Å². The Morgan fingerprint density at radius 1 is 0.765 bits per heavy atom. The fraction of sp³-hybridized carbons (Fsp3) is 0.484. The number of benzene rings is 2. The first kappa shape index (κ1) is 30.0. The number of rotatable bonds is 18. The summed E-state index contributed by atoms with van der Waals surface area (Å²) in [5.74, 6) is 1.22. The maximum atomic E-state index is 10.2. The zero-order valence-corrected chi connectivity index (χ0v) is 22.8. The molecule has 2 nitrogen and oxygen atoms in total. The number of unbranched alkanes of at least 4 members (excludes halogenated alkanes) is 10. The Morgan fingerprint density at radius 3 is 2.00 bits per heavy atom. The van der Waals surface area contributed by atoms with Gasteiger partial charge in [0.1, 0.15) is 11.5 Å². The van der Waals surface area contributed by atoms with Crippen LogP contribution in [-0.2, 0) is 12.8 Å². The number of halogens is 1. The second-order valence-corrected chi connectivity index (χ2v) is 9.04. The van der Waals surface area contributed by atoms with Crippen LogP contribution in [0.15, 0.2) is 61.7 Å². The molecule has 0 saturated carbocycles. The Balaban J connectivity index is 0.00000578. The third-order valence-electron chi connectivity index (χ3n) is 6.18. The highest BCUT2D eigenvalue weighted by atomic mass is 79.9. The lowest BCUT2D eigenvalue weighted by atomic mass is 9.97. The molecule has 0 heterocycles. The van der Waals surface area contributed by atoms with E-state index in [0.717, 1.165) is 41.9 Å². The van der Waals surface area contributed by atoms with Gasteiger partial charge in [-0.05, 0) is 60.2 Å². The Kier molecular flexibility index (Phi) is 16.2. The Hall–Kier alpha value is -2.00. The highest BCUT2D eigenvalue weighted by molar-refractivity contribution is 5.72. The van der Waals surface area contributed by atoms with Gasteiger partial charge in [0.05, 0.1) is 6.61 Å². The molecule has 0 aliphatic carbocycles. The van der Waals surface area contributed by atoms with Crippen molar-refractivity contribution in [1.82, 2.24) is 0 Å². The summed E-state index contributed by atoms with van der Waals surface area (Å²) >= 11 is 0. The molecule has 0 aromatic heterocycles. The quantitative estimate of drug-likeness (QED) is 0.184. The van der Waals surface area contributed by atoms with Crippen molar-refractivity contribution in [1.29, 1.82) is 0 Å². The van der Waals surface area contributed by atoms with E-state index >= 15 is 0 Å². The second-order valence-electron chi connectivity index (χ2n) is 9.04. The summed E-state index contributed by atoms with van der Waals surface area (Å²) in [4.78, 5) is 0. The standard InChI is InChI=1S/C31H44O2.BrH/c1-4-7-8-9-10-11-12-13-14-15-16-23-33-31-22-19-26(17-5-2)24-29(31)27-20-21-30(32)28(25-27)18-6-3;/h5-6,19-22,24-25,32H,2-4,7-18,23H2,1H3;1H/p-1. The van der Waals surface area contributed by atoms with Crippen molar-refractivity contribution < 1.29 is 26.8 Å². The monoisotopic (exact) mass is 527 g/mol. The van der Waals surface area contributed by atoms with Crippen LogP contribution in [0.25, 0.3) is 11.1 Å². The zero-order valence-electron chi connectivity index (χ0n) is 21.2. The lowest BCUT2D eigenvalue weighted by Crippen LogP contribution is -3.00. The van der Waals surface area contributed by atoms with Crippen LogP contribution in [0.1, 0.15) is 88.7 Å². The van der Waals surface area contributed by atoms with Crippen LogP contribution < -0.4 is 21.7 Å². The minimum Gasteiger partial charge on any atom is -1.00 e. The first-order valence-corrected chi connectivity index (χ1v) is 13.0. The van der Waals surface area contributed by atoms with Gasteiger partial charge in [0.2, 0.25) is 0 Å². The van der Waals surface area contributed by atoms with E-state index in [-0.39, 0.29) is 17.0 Å². The van der Waals surface area contributed by atoms with Gasteiger partial charge >= 0.3 is 0 Å². The highest BCUT2D eigenvalue weighted by Gasteiger charge is 2.10. The average molecular weight is 529 g/mol. The summed E-state index contributed by atoms with van der Waals surface area (Å²) in [7, 11) is 0. The van der Waals surface area contributed by atoms with Crippen molar-refractivity contribution in [2.45, 2.75) is 90.4 Å². The number of phenolic OH excluding ortho intramolecular Hbond substituents is 1. The molecule has 0 fully saturated rings. The van der Waals surface area contributed by atoms with Gasteiger partial charge in [-0.15, -0.1) is 13.2 Å². The molecule has 0 spiro atoms. The predicted molar refractivity (Wildman–Crippen MR) is 143 cm³/mol. The Bertz CT molecular complexity index is 843. The highest BCUT2D eigenvalue weighted by Crippen LogP contribution is 2.34. The van der Waals surface area contributed by atoms with Crippen LogP contribution in [0.5, 0.6) is 11.5 Å². The summed E-state index contributed by atoms with van der Waals surface area (Å²) in [5, 5.41) is 10.2. The van der Waals surface area contributed by atoms with Crippen molar-refractivity contribution in [3.05, 3.63) is 72.8 Å². The van der Waals surface area contributed by atoms with Crippen LogP contribution >= 0.6 is 0 Å². The molecular weight excluding hydrogens is 484 g/mol. The maximum absolute atomic E-state index is 10.2. The summed E-state index contributed by atoms with van der Waals surface area (Å²) in [6, 6.07) is 12.1. The molecule has 0 amide bonds. The van der Waals surface area contributed by atoms with Gasteiger partial charge in [-0.25, -0.2) is 0 Å². The molecule has 188 valence electrons. The molecule has 2 aromatic carbocycles. The van der Waals surface area contributed by atoms with Crippen molar-refractivity contribution >= 4 is 0 Å². The number of ether oxygens (including phenoxy) is 1. The number of aromatic hydroxyl groups is 1. The van der Waals surface area contributed by atoms with Gasteiger partial charge in [0.15, 0.2) is 0 Å². The summed E-state index contributed by atoms with van der Waals surface area (Å²) in [6.07, 6.45) is 19.8.